The van der Waals surface area contributed by atoms with Crippen LogP contribution in [-0.2, 0) is 17.8 Å². The molecule has 2 aromatic rings. The first-order valence-corrected chi connectivity index (χ1v) is 6.42. The summed E-state index contributed by atoms with van der Waals surface area (Å²) in [6.07, 6.45) is 0. The van der Waals surface area contributed by atoms with Crippen LogP contribution >= 0.6 is 0 Å². The van der Waals surface area contributed by atoms with Crippen LogP contribution in [0.5, 0.6) is 0 Å². The number of carbonyl (C=O) groups excluding carboxylic acids is 1. The summed E-state index contributed by atoms with van der Waals surface area (Å²) >= 11 is 0. The van der Waals surface area contributed by atoms with Crippen molar-refractivity contribution in [3.05, 3.63) is 70.8 Å². The number of rotatable bonds is 5. The van der Waals surface area contributed by atoms with E-state index in [1.165, 1.54) is 25.3 Å². The highest BCUT2D eigenvalue weighted by molar-refractivity contribution is 5.89. The molecule has 0 bridgehead atoms. The molecular formula is C16H15F2NO2. The van der Waals surface area contributed by atoms with Gasteiger partial charge in [0.1, 0.15) is 11.6 Å². The molecule has 0 saturated heterocycles. The molecule has 0 atom stereocenters. The highest BCUT2D eigenvalue weighted by atomic mass is 19.1. The fraction of sp³-hybridized carbons (Fsp3) is 0.188. The number of hydrogen-bond donors (Lipinski definition) is 1. The lowest BCUT2D eigenvalue weighted by Gasteiger charge is -2.08. The highest BCUT2D eigenvalue weighted by Crippen LogP contribution is 2.12. The second-order valence-electron chi connectivity index (χ2n) is 4.49. The van der Waals surface area contributed by atoms with Crippen LogP contribution in [0.4, 0.5) is 8.78 Å². The lowest BCUT2D eigenvalue weighted by Crippen LogP contribution is -2.15. The fourth-order valence-electron chi connectivity index (χ4n) is 1.91. The van der Waals surface area contributed by atoms with Crippen molar-refractivity contribution < 1.29 is 18.3 Å². The molecule has 0 amide bonds. The summed E-state index contributed by atoms with van der Waals surface area (Å²) in [5.74, 6) is -1.38. The molecule has 21 heavy (non-hydrogen) atoms. The molecule has 0 aliphatic carbocycles. The van der Waals surface area contributed by atoms with Crippen LogP contribution in [0, 0.1) is 11.6 Å². The molecule has 2 aromatic carbocycles. The second-order valence-corrected chi connectivity index (χ2v) is 4.49. The highest BCUT2D eigenvalue weighted by Gasteiger charge is 2.09. The molecule has 0 saturated carbocycles. The van der Waals surface area contributed by atoms with E-state index in [2.05, 4.69) is 10.1 Å². The van der Waals surface area contributed by atoms with Crippen LogP contribution in [0.15, 0.2) is 42.5 Å². The molecule has 0 aliphatic heterocycles. The zero-order chi connectivity index (χ0) is 15.2. The summed E-state index contributed by atoms with van der Waals surface area (Å²) in [6, 6.07) is 10.5. The van der Waals surface area contributed by atoms with Gasteiger partial charge in [-0.2, -0.15) is 0 Å². The van der Waals surface area contributed by atoms with E-state index in [4.69, 9.17) is 0 Å². The molecule has 0 heterocycles. The monoisotopic (exact) mass is 291 g/mol. The summed E-state index contributed by atoms with van der Waals surface area (Å²) in [5.41, 5.74) is 1.08. The summed E-state index contributed by atoms with van der Waals surface area (Å²) in [5, 5.41) is 2.97. The molecule has 0 unspecified atom stereocenters. The topological polar surface area (TPSA) is 38.3 Å². The summed E-state index contributed by atoms with van der Waals surface area (Å²) in [7, 11) is 1.24. The first kappa shape index (κ1) is 15.1. The van der Waals surface area contributed by atoms with Crippen molar-refractivity contribution in [1.29, 1.82) is 0 Å². The Labute approximate surface area is 121 Å². The Kier molecular flexibility index (Phi) is 5.00. The number of carbonyl (C=O) groups is 1. The molecule has 1 N–H and O–H groups in total. The van der Waals surface area contributed by atoms with Gasteiger partial charge in [0, 0.05) is 24.2 Å². The van der Waals surface area contributed by atoms with Crippen LogP contribution < -0.4 is 5.32 Å². The van der Waals surface area contributed by atoms with Crippen molar-refractivity contribution in [2.45, 2.75) is 13.1 Å². The third-order valence-corrected chi connectivity index (χ3v) is 3.06. The lowest BCUT2D eigenvalue weighted by molar-refractivity contribution is 0.0600. The van der Waals surface area contributed by atoms with E-state index in [-0.39, 0.29) is 17.9 Å². The van der Waals surface area contributed by atoms with Gasteiger partial charge in [-0.05, 0) is 18.2 Å². The van der Waals surface area contributed by atoms with E-state index in [0.29, 0.717) is 17.7 Å². The first-order valence-electron chi connectivity index (χ1n) is 6.42. The zero-order valence-electron chi connectivity index (χ0n) is 11.5. The Morgan fingerprint density at radius 2 is 1.71 bits per heavy atom. The van der Waals surface area contributed by atoms with Crippen LogP contribution in [0.3, 0.4) is 0 Å². The second kappa shape index (κ2) is 6.95. The maximum absolute atomic E-state index is 13.8. The zero-order valence-corrected chi connectivity index (χ0v) is 11.5. The molecule has 0 fully saturated rings. The van der Waals surface area contributed by atoms with Gasteiger partial charge in [-0.3, -0.25) is 0 Å². The van der Waals surface area contributed by atoms with E-state index in [1.54, 1.807) is 18.2 Å². The first-order chi connectivity index (χ1) is 10.1. The minimum absolute atomic E-state index is 0.160. The van der Waals surface area contributed by atoms with Crippen molar-refractivity contribution in [3.8, 4) is 0 Å². The van der Waals surface area contributed by atoms with Crippen LogP contribution in [0.25, 0.3) is 0 Å². The molecule has 0 spiro atoms. The standard InChI is InChI=1S/C16H15F2NO2/c1-21-16(20)11-6-7-13(15(18)8-11)10-19-9-12-4-2-3-5-14(12)17/h2-8,19H,9-10H2,1H3. The number of methoxy groups -OCH3 is 1. The molecule has 0 aromatic heterocycles. The Morgan fingerprint density at radius 3 is 2.33 bits per heavy atom. The van der Waals surface area contributed by atoms with Crippen molar-refractivity contribution >= 4 is 5.97 Å². The normalized spacial score (nSPS) is 10.4. The van der Waals surface area contributed by atoms with Gasteiger partial charge in [0.2, 0.25) is 0 Å². The van der Waals surface area contributed by atoms with Crippen LogP contribution in [0.1, 0.15) is 21.5 Å². The minimum atomic E-state index is -0.584. The van der Waals surface area contributed by atoms with Gasteiger partial charge in [0.15, 0.2) is 0 Å². The van der Waals surface area contributed by atoms with E-state index in [9.17, 15) is 13.6 Å². The predicted molar refractivity (Wildman–Crippen MR) is 74.7 cm³/mol. The smallest absolute Gasteiger partial charge is 0.337 e. The number of benzene rings is 2. The maximum atomic E-state index is 13.8. The Morgan fingerprint density at radius 1 is 1.05 bits per heavy atom. The van der Waals surface area contributed by atoms with Crippen molar-refractivity contribution in [1.82, 2.24) is 5.32 Å². The van der Waals surface area contributed by atoms with Gasteiger partial charge in [0.25, 0.3) is 0 Å². The molecule has 3 nitrogen and oxygen atoms in total. The Hall–Kier alpha value is -2.27. The minimum Gasteiger partial charge on any atom is -0.465 e. The molecule has 110 valence electrons. The maximum Gasteiger partial charge on any atom is 0.337 e. The van der Waals surface area contributed by atoms with E-state index in [0.717, 1.165) is 6.07 Å². The summed E-state index contributed by atoms with van der Waals surface area (Å²) in [6.45, 7) is 0.534. The summed E-state index contributed by atoms with van der Waals surface area (Å²) in [4.78, 5) is 11.3. The third-order valence-electron chi connectivity index (χ3n) is 3.06. The Bertz CT molecular complexity index is 644. The van der Waals surface area contributed by atoms with Gasteiger partial charge >= 0.3 is 5.97 Å². The fourth-order valence-corrected chi connectivity index (χ4v) is 1.91. The number of halogens is 2. The van der Waals surface area contributed by atoms with Gasteiger partial charge < -0.3 is 10.1 Å². The van der Waals surface area contributed by atoms with Crippen molar-refractivity contribution in [2.75, 3.05) is 7.11 Å². The van der Waals surface area contributed by atoms with Gasteiger partial charge in [-0.25, -0.2) is 13.6 Å². The predicted octanol–water partition coefficient (Wildman–Crippen LogP) is 3.04. The van der Waals surface area contributed by atoms with Gasteiger partial charge in [0.05, 0.1) is 12.7 Å². The SMILES string of the molecule is COC(=O)c1ccc(CNCc2ccccc2F)c(F)c1. The van der Waals surface area contributed by atoms with Gasteiger partial charge in [-0.1, -0.05) is 24.3 Å². The Balaban J connectivity index is 1.98. The quantitative estimate of drug-likeness (QED) is 0.861. The average molecular weight is 291 g/mol. The van der Waals surface area contributed by atoms with Crippen molar-refractivity contribution in [2.24, 2.45) is 0 Å². The average Bonchev–Trinajstić information content (AvgIpc) is 2.50. The van der Waals surface area contributed by atoms with Gasteiger partial charge in [-0.15, -0.1) is 0 Å². The number of esters is 1. The van der Waals surface area contributed by atoms with E-state index < -0.39 is 11.8 Å². The molecule has 5 heteroatoms. The summed E-state index contributed by atoms with van der Waals surface area (Å²) < 4.78 is 31.8. The van der Waals surface area contributed by atoms with E-state index in [1.807, 2.05) is 0 Å². The number of nitrogens with one attached hydrogen (secondary N) is 1. The molecular weight excluding hydrogens is 276 g/mol. The number of ether oxygens (including phenoxy) is 1. The van der Waals surface area contributed by atoms with Crippen molar-refractivity contribution in [3.63, 3.8) is 0 Å². The molecule has 0 radical (unpaired) electrons. The third kappa shape index (κ3) is 3.86. The number of hydrogen-bond acceptors (Lipinski definition) is 3. The van der Waals surface area contributed by atoms with E-state index >= 15 is 0 Å². The van der Waals surface area contributed by atoms with Crippen LogP contribution in [0.2, 0.25) is 0 Å². The molecule has 0 aliphatic rings. The lowest BCUT2D eigenvalue weighted by atomic mass is 10.1. The molecule has 2 rings (SSSR count). The van der Waals surface area contributed by atoms with Crippen LogP contribution in [-0.4, -0.2) is 13.1 Å². The largest absolute Gasteiger partial charge is 0.465 e.